The van der Waals surface area contributed by atoms with Gasteiger partial charge in [-0.05, 0) is 72.4 Å². The quantitative estimate of drug-likeness (QED) is 0.812. The summed E-state index contributed by atoms with van der Waals surface area (Å²) in [7, 11) is 0. The third kappa shape index (κ3) is 3.80. The number of hydrogen-bond donors (Lipinski definition) is 1. The van der Waals surface area contributed by atoms with Crippen molar-refractivity contribution in [1.29, 1.82) is 0 Å². The van der Waals surface area contributed by atoms with Crippen molar-refractivity contribution in [2.24, 2.45) is 0 Å². The van der Waals surface area contributed by atoms with Crippen LogP contribution in [0, 0.1) is 5.92 Å². The molecule has 1 aliphatic heterocycles. The molecule has 1 aliphatic carbocycles. The zero-order chi connectivity index (χ0) is 16.4. The van der Waals surface area contributed by atoms with Gasteiger partial charge in [0, 0.05) is 0 Å². The minimum atomic E-state index is -0.823. The van der Waals surface area contributed by atoms with Gasteiger partial charge in [0.25, 0.3) is 0 Å². The number of piperidine rings is 1. The van der Waals surface area contributed by atoms with E-state index in [0.29, 0.717) is 31.6 Å². The topological polar surface area (TPSA) is 66.8 Å². The molecule has 1 heterocycles. The molecule has 0 unspecified atom stereocenters. The van der Waals surface area contributed by atoms with Crippen LogP contribution in [0.5, 0.6) is 0 Å². The monoisotopic (exact) mass is 310 g/mol. The van der Waals surface area contributed by atoms with E-state index in [1.54, 1.807) is 0 Å². The lowest BCUT2D eigenvalue weighted by atomic mass is 9.74. The molecule has 0 aromatic heterocycles. The second-order valence-electron chi connectivity index (χ2n) is 7.49. The second-order valence-corrected chi connectivity index (χ2v) is 7.49. The highest BCUT2D eigenvalue weighted by atomic mass is 16.6. The zero-order valence-corrected chi connectivity index (χ0v) is 14.0. The first-order valence-electron chi connectivity index (χ1n) is 8.31. The SMILES string of the molecule is CC(C)(C)OC(=O)C1(N2CCCCC2)CC[C](C(=O)O)CC1. The van der Waals surface area contributed by atoms with Crippen LogP contribution in [0.25, 0.3) is 0 Å². The summed E-state index contributed by atoms with van der Waals surface area (Å²) in [4.78, 5) is 26.3. The lowest BCUT2D eigenvalue weighted by Gasteiger charge is -2.47. The average Bonchev–Trinajstić information content (AvgIpc) is 2.46. The summed E-state index contributed by atoms with van der Waals surface area (Å²) in [5, 5.41) is 9.18. The summed E-state index contributed by atoms with van der Waals surface area (Å²) in [6, 6.07) is 0. The molecule has 0 aromatic rings. The third-order valence-corrected chi connectivity index (χ3v) is 4.72. The summed E-state index contributed by atoms with van der Waals surface area (Å²) in [5.41, 5.74) is -1.15. The highest BCUT2D eigenvalue weighted by Crippen LogP contribution is 2.40. The van der Waals surface area contributed by atoms with E-state index in [9.17, 15) is 14.7 Å². The molecule has 2 fully saturated rings. The van der Waals surface area contributed by atoms with Gasteiger partial charge in [-0.3, -0.25) is 14.5 Å². The minimum Gasteiger partial charge on any atom is -0.481 e. The Balaban J connectivity index is 2.18. The summed E-state index contributed by atoms with van der Waals surface area (Å²) < 4.78 is 5.69. The first kappa shape index (κ1) is 17.3. The summed E-state index contributed by atoms with van der Waals surface area (Å²) >= 11 is 0. The lowest BCUT2D eigenvalue weighted by Crippen LogP contribution is -2.59. The highest BCUT2D eigenvalue weighted by Gasteiger charge is 2.49. The molecule has 2 aliphatic rings. The number of carbonyl (C=O) groups excluding carboxylic acids is 1. The number of hydrogen-bond acceptors (Lipinski definition) is 4. The van der Waals surface area contributed by atoms with Crippen molar-refractivity contribution in [2.45, 2.75) is 76.9 Å². The van der Waals surface area contributed by atoms with E-state index < -0.39 is 17.1 Å². The van der Waals surface area contributed by atoms with Gasteiger partial charge >= 0.3 is 11.9 Å². The number of nitrogens with zero attached hydrogens (tertiary/aromatic N) is 1. The van der Waals surface area contributed by atoms with Gasteiger partial charge in [0.05, 0.1) is 5.92 Å². The number of likely N-dealkylation sites (tertiary alicyclic amines) is 1. The van der Waals surface area contributed by atoms with Gasteiger partial charge in [0.15, 0.2) is 0 Å². The van der Waals surface area contributed by atoms with Crippen molar-refractivity contribution in [3.8, 4) is 0 Å². The molecule has 5 nitrogen and oxygen atoms in total. The Bertz CT molecular complexity index is 413. The van der Waals surface area contributed by atoms with Crippen molar-refractivity contribution in [1.82, 2.24) is 4.90 Å². The molecule has 5 heteroatoms. The molecular weight excluding hydrogens is 282 g/mol. The maximum Gasteiger partial charge on any atom is 0.327 e. The van der Waals surface area contributed by atoms with Gasteiger partial charge < -0.3 is 9.84 Å². The van der Waals surface area contributed by atoms with Crippen molar-refractivity contribution < 1.29 is 19.4 Å². The smallest absolute Gasteiger partial charge is 0.327 e. The van der Waals surface area contributed by atoms with Crippen molar-refractivity contribution in [3.05, 3.63) is 5.92 Å². The van der Waals surface area contributed by atoms with E-state index in [0.717, 1.165) is 25.9 Å². The fraction of sp³-hybridized carbons (Fsp3) is 0.824. The molecule has 0 spiro atoms. The van der Waals surface area contributed by atoms with E-state index in [1.165, 1.54) is 6.42 Å². The Kier molecular flexibility index (Phi) is 5.15. The Labute approximate surface area is 133 Å². The molecule has 1 saturated carbocycles. The number of rotatable bonds is 3. The Morgan fingerprint density at radius 1 is 1.09 bits per heavy atom. The molecule has 1 radical (unpaired) electrons. The second kappa shape index (κ2) is 6.57. The van der Waals surface area contributed by atoms with Gasteiger partial charge in [-0.1, -0.05) is 6.42 Å². The lowest BCUT2D eigenvalue weighted by molar-refractivity contribution is -0.174. The van der Waals surface area contributed by atoms with E-state index in [2.05, 4.69) is 4.90 Å². The first-order valence-corrected chi connectivity index (χ1v) is 8.31. The van der Waals surface area contributed by atoms with E-state index in [4.69, 9.17) is 4.74 Å². The molecule has 0 aromatic carbocycles. The van der Waals surface area contributed by atoms with Crippen LogP contribution in [-0.4, -0.2) is 46.2 Å². The number of carbonyl (C=O) groups is 2. The van der Waals surface area contributed by atoms with Gasteiger partial charge in [-0.15, -0.1) is 0 Å². The van der Waals surface area contributed by atoms with Gasteiger partial charge in [-0.25, -0.2) is 0 Å². The third-order valence-electron chi connectivity index (χ3n) is 4.72. The van der Waals surface area contributed by atoms with Gasteiger partial charge in [0.1, 0.15) is 11.1 Å². The largest absolute Gasteiger partial charge is 0.481 e. The standard InChI is InChI=1S/C17H28NO4/c1-16(2,3)22-15(21)17(18-11-5-4-6-12-18)9-7-13(8-10-17)14(19)20/h4-12H2,1-3H3,(H,19,20). The molecular formula is C17H28NO4. The van der Waals surface area contributed by atoms with Crippen molar-refractivity contribution in [2.75, 3.05) is 13.1 Å². The molecule has 22 heavy (non-hydrogen) atoms. The first-order chi connectivity index (χ1) is 10.2. The van der Waals surface area contributed by atoms with Crippen LogP contribution in [0.2, 0.25) is 0 Å². The summed E-state index contributed by atoms with van der Waals surface area (Å²) in [6.07, 6.45) is 5.47. The Morgan fingerprint density at radius 3 is 2.09 bits per heavy atom. The van der Waals surface area contributed by atoms with Crippen LogP contribution in [0.15, 0.2) is 0 Å². The minimum absolute atomic E-state index is 0.175. The molecule has 125 valence electrons. The highest BCUT2D eigenvalue weighted by molar-refractivity contribution is 5.86. The van der Waals surface area contributed by atoms with E-state index in [1.807, 2.05) is 20.8 Å². The summed E-state index contributed by atoms with van der Waals surface area (Å²) in [6.45, 7) is 7.45. The van der Waals surface area contributed by atoms with E-state index in [-0.39, 0.29) is 5.97 Å². The molecule has 1 saturated heterocycles. The molecule has 0 bridgehead atoms. The normalized spacial score (nSPS) is 24.0. The molecule has 1 N–H and O–H groups in total. The summed E-state index contributed by atoms with van der Waals surface area (Å²) in [5.74, 6) is -0.459. The number of ether oxygens (including phenoxy) is 1. The molecule has 2 rings (SSSR count). The van der Waals surface area contributed by atoms with Crippen LogP contribution in [0.3, 0.4) is 0 Å². The molecule has 0 atom stereocenters. The Hall–Kier alpha value is -1.10. The van der Waals surface area contributed by atoms with Gasteiger partial charge in [-0.2, -0.15) is 0 Å². The van der Waals surface area contributed by atoms with Crippen molar-refractivity contribution >= 4 is 11.9 Å². The Morgan fingerprint density at radius 2 is 1.64 bits per heavy atom. The van der Waals surface area contributed by atoms with Crippen molar-refractivity contribution in [3.63, 3.8) is 0 Å². The van der Waals surface area contributed by atoms with Crippen LogP contribution in [-0.2, 0) is 14.3 Å². The average molecular weight is 310 g/mol. The number of esters is 1. The fourth-order valence-electron chi connectivity index (χ4n) is 3.52. The predicted molar refractivity (Wildman–Crippen MR) is 83.3 cm³/mol. The maximum absolute atomic E-state index is 12.9. The predicted octanol–water partition coefficient (Wildman–Crippen LogP) is 2.79. The van der Waals surface area contributed by atoms with Crippen LogP contribution < -0.4 is 0 Å². The zero-order valence-electron chi connectivity index (χ0n) is 14.0. The maximum atomic E-state index is 12.9. The number of aliphatic carboxylic acids is 1. The fourth-order valence-corrected chi connectivity index (χ4v) is 3.52. The van der Waals surface area contributed by atoms with E-state index >= 15 is 0 Å². The van der Waals surface area contributed by atoms with Crippen LogP contribution in [0.1, 0.15) is 65.7 Å². The number of carboxylic acids is 1. The van der Waals surface area contributed by atoms with Crippen LogP contribution in [0.4, 0.5) is 0 Å². The van der Waals surface area contributed by atoms with Gasteiger partial charge in [0.2, 0.25) is 0 Å². The van der Waals surface area contributed by atoms with Crippen LogP contribution >= 0.6 is 0 Å². The number of carboxylic acid groups (broad SMARTS) is 1. The molecule has 0 amide bonds.